The first-order chi connectivity index (χ1) is 17.0. The lowest BCUT2D eigenvalue weighted by Gasteiger charge is -2.46. The molecule has 0 unspecified atom stereocenters. The van der Waals surface area contributed by atoms with Crippen LogP contribution in [0.1, 0.15) is 42.5 Å². The quantitative estimate of drug-likeness (QED) is 0.421. The van der Waals surface area contributed by atoms with Gasteiger partial charge in [0.15, 0.2) is 0 Å². The molecule has 178 valence electrons. The van der Waals surface area contributed by atoms with Gasteiger partial charge in [-0.1, -0.05) is 61.0 Å². The largest absolute Gasteiger partial charge is 0.478 e. The SMILES string of the molecule is NC1=NC2(CCCCC2)N(c2cccc(C(=O)O)c2Nc2ccccc2-c2ccccc2)C(N)=N1. The van der Waals surface area contributed by atoms with Gasteiger partial charge in [0, 0.05) is 11.3 Å². The Morgan fingerprint density at radius 3 is 2.37 bits per heavy atom. The number of carboxylic acids is 1. The van der Waals surface area contributed by atoms with Gasteiger partial charge in [-0.15, -0.1) is 0 Å². The van der Waals surface area contributed by atoms with E-state index in [4.69, 9.17) is 16.5 Å². The van der Waals surface area contributed by atoms with Crippen molar-refractivity contribution in [2.24, 2.45) is 21.5 Å². The summed E-state index contributed by atoms with van der Waals surface area (Å²) in [5, 5.41) is 13.5. The zero-order valence-corrected chi connectivity index (χ0v) is 19.3. The minimum atomic E-state index is -1.04. The van der Waals surface area contributed by atoms with Crippen molar-refractivity contribution in [2.45, 2.75) is 37.8 Å². The molecular weight excluding hydrogens is 440 g/mol. The predicted octanol–water partition coefficient (Wildman–Crippen LogP) is 4.91. The summed E-state index contributed by atoms with van der Waals surface area (Å²) in [5.74, 6) is -0.680. The Hall–Kier alpha value is -4.33. The van der Waals surface area contributed by atoms with Gasteiger partial charge in [-0.05, 0) is 49.4 Å². The zero-order valence-electron chi connectivity index (χ0n) is 19.3. The van der Waals surface area contributed by atoms with Crippen LogP contribution in [0.2, 0.25) is 0 Å². The van der Waals surface area contributed by atoms with Crippen molar-refractivity contribution in [3.8, 4) is 11.1 Å². The number of guanidine groups is 2. The Balaban J connectivity index is 1.67. The van der Waals surface area contributed by atoms with Gasteiger partial charge in [-0.25, -0.2) is 9.79 Å². The summed E-state index contributed by atoms with van der Waals surface area (Å²) in [6.07, 6.45) is 4.55. The number of aromatic carboxylic acids is 1. The standard InChI is InChI=1S/C27H28N6O2/c28-25-31-26(29)33(27(32-25)16-7-2-8-17-27)22-15-9-13-20(24(34)35)23(22)30-21-14-6-5-12-19(21)18-10-3-1-4-11-18/h1,3-6,9-15,30H,2,7-8,16-17H2,(H,34,35)(H4,28,29,31,32). The van der Waals surface area contributed by atoms with Gasteiger partial charge in [-0.2, -0.15) is 4.99 Å². The molecule has 0 saturated heterocycles. The molecule has 35 heavy (non-hydrogen) atoms. The first kappa shape index (κ1) is 22.5. The summed E-state index contributed by atoms with van der Waals surface area (Å²) in [5.41, 5.74) is 15.7. The highest BCUT2D eigenvalue weighted by atomic mass is 16.4. The van der Waals surface area contributed by atoms with E-state index in [1.165, 1.54) is 0 Å². The Kier molecular flexibility index (Phi) is 5.86. The van der Waals surface area contributed by atoms with Crippen LogP contribution in [0.3, 0.4) is 0 Å². The van der Waals surface area contributed by atoms with E-state index in [9.17, 15) is 9.90 Å². The van der Waals surface area contributed by atoms with Crippen LogP contribution < -0.4 is 21.7 Å². The molecule has 3 aromatic rings. The minimum absolute atomic E-state index is 0.131. The van der Waals surface area contributed by atoms with E-state index in [0.29, 0.717) is 11.4 Å². The smallest absolute Gasteiger partial charge is 0.337 e. The molecule has 0 aromatic heterocycles. The van der Waals surface area contributed by atoms with Crippen LogP contribution in [-0.2, 0) is 0 Å². The highest BCUT2D eigenvalue weighted by Crippen LogP contribution is 2.44. The summed E-state index contributed by atoms with van der Waals surface area (Å²) in [6, 6.07) is 22.9. The molecule has 0 atom stereocenters. The average molecular weight is 469 g/mol. The molecule has 8 heteroatoms. The zero-order chi connectivity index (χ0) is 24.4. The first-order valence-corrected chi connectivity index (χ1v) is 11.8. The summed E-state index contributed by atoms with van der Waals surface area (Å²) in [4.78, 5) is 23.2. The number of benzene rings is 3. The maximum Gasteiger partial charge on any atom is 0.337 e. The fourth-order valence-electron chi connectivity index (χ4n) is 5.10. The molecule has 0 bridgehead atoms. The summed E-state index contributed by atoms with van der Waals surface area (Å²) in [7, 11) is 0. The molecular formula is C27H28N6O2. The van der Waals surface area contributed by atoms with E-state index in [1.807, 2.05) is 65.6 Å². The Labute approximate surface area is 204 Å². The van der Waals surface area contributed by atoms with Crippen molar-refractivity contribution in [2.75, 3.05) is 10.2 Å². The van der Waals surface area contributed by atoms with Crippen LogP contribution in [-0.4, -0.2) is 28.7 Å². The maximum atomic E-state index is 12.3. The van der Waals surface area contributed by atoms with Crippen molar-refractivity contribution < 1.29 is 9.90 Å². The van der Waals surface area contributed by atoms with Crippen LogP contribution in [0, 0.1) is 0 Å². The van der Waals surface area contributed by atoms with Gasteiger partial charge in [0.2, 0.25) is 11.9 Å². The number of nitrogens with one attached hydrogen (secondary N) is 1. The number of rotatable bonds is 5. The van der Waals surface area contributed by atoms with Crippen molar-refractivity contribution >= 4 is 35.0 Å². The lowest BCUT2D eigenvalue weighted by molar-refractivity contribution is 0.0698. The van der Waals surface area contributed by atoms with E-state index in [-0.39, 0.29) is 17.5 Å². The monoisotopic (exact) mass is 468 g/mol. The van der Waals surface area contributed by atoms with Gasteiger partial charge < -0.3 is 21.9 Å². The van der Waals surface area contributed by atoms with Crippen LogP contribution in [0.5, 0.6) is 0 Å². The van der Waals surface area contributed by atoms with Gasteiger partial charge in [0.05, 0.1) is 16.9 Å². The van der Waals surface area contributed by atoms with Crippen molar-refractivity contribution in [3.63, 3.8) is 0 Å². The molecule has 1 saturated carbocycles. The summed E-state index contributed by atoms with van der Waals surface area (Å²) < 4.78 is 0. The molecule has 1 spiro atoms. The number of nitrogens with two attached hydrogens (primary N) is 2. The topological polar surface area (TPSA) is 129 Å². The van der Waals surface area contributed by atoms with Crippen molar-refractivity contribution in [1.82, 2.24) is 0 Å². The fraction of sp³-hybridized carbons (Fsp3) is 0.222. The average Bonchev–Trinajstić information content (AvgIpc) is 2.85. The molecule has 1 fully saturated rings. The normalized spacial score (nSPS) is 17.0. The molecule has 1 aliphatic carbocycles. The maximum absolute atomic E-state index is 12.3. The second kappa shape index (κ2) is 9.13. The third-order valence-electron chi connectivity index (χ3n) is 6.64. The minimum Gasteiger partial charge on any atom is -0.478 e. The van der Waals surface area contributed by atoms with Crippen LogP contribution in [0.15, 0.2) is 82.8 Å². The van der Waals surface area contributed by atoms with E-state index in [1.54, 1.807) is 12.1 Å². The number of hydrogen-bond acceptors (Lipinski definition) is 7. The second-order valence-corrected chi connectivity index (χ2v) is 8.86. The van der Waals surface area contributed by atoms with Crippen molar-refractivity contribution in [3.05, 3.63) is 78.4 Å². The molecule has 8 nitrogen and oxygen atoms in total. The van der Waals surface area contributed by atoms with Crippen LogP contribution in [0.25, 0.3) is 11.1 Å². The number of para-hydroxylation sites is 2. The number of carbonyl (C=O) groups is 1. The Morgan fingerprint density at radius 2 is 1.63 bits per heavy atom. The molecule has 0 amide bonds. The number of nitrogens with zero attached hydrogens (tertiary/aromatic N) is 3. The fourth-order valence-corrected chi connectivity index (χ4v) is 5.10. The van der Waals surface area contributed by atoms with E-state index in [0.717, 1.165) is 48.9 Å². The summed E-state index contributed by atoms with van der Waals surface area (Å²) >= 11 is 0. The van der Waals surface area contributed by atoms with Gasteiger partial charge >= 0.3 is 5.97 Å². The molecule has 6 N–H and O–H groups in total. The van der Waals surface area contributed by atoms with Gasteiger partial charge in [-0.3, -0.25) is 4.90 Å². The lowest BCUT2D eigenvalue weighted by atomic mass is 9.87. The Morgan fingerprint density at radius 1 is 0.914 bits per heavy atom. The molecule has 2 aliphatic rings. The third kappa shape index (κ3) is 4.19. The number of anilines is 3. The lowest BCUT2D eigenvalue weighted by Crippen LogP contribution is -2.58. The molecule has 1 heterocycles. The number of hydrogen-bond donors (Lipinski definition) is 4. The highest BCUT2D eigenvalue weighted by molar-refractivity contribution is 6.10. The van der Waals surface area contributed by atoms with Crippen molar-refractivity contribution in [1.29, 1.82) is 0 Å². The number of carboxylic acid groups (broad SMARTS) is 1. The second-order valence-electron chi connectivity index (χ2n) is 8.86. The van der Waals surface area contributed by atoms with E-state index >= 15 is 0 Å². The predicted molar refractivity (Wildman–Crippen MR) is 140 cm³/mol. The highest BCUT2D eigenvalue weighted by Gasteiger charge is 2.43. The van der Waals surface area contributed by atoms with Crippen LogP contribution in [0.4, 0.5) is 17.1 Å². The first-order valence-electron chi connectivity index (χ1n) is 11.8. The number of aliphatic imine (C=N–C) groups is 2. The van der Waals surface area contributed by atoms with Crippen LogP contribution >= 0.6 is 0 Å². The molecule has 3 aromatic carbocycles. The third-order valence-corrected chi connectivity index (χ3v) is 6.64. The molecule has 1 aliphatic heterocycles. The van der Waals surface area contributed by atoms with E-state index in [2.05, 4.69) is 10.3 Å². The molecule has 5 rings (SSSR count). The molecule has 0 radical (unpaired) electrons. The summed E-state index contributed by atoms with van der Waals surface area (Å²) in [6.45, 7) is 0. The Bertz CT molecular complexity index is 1310. The van der Waals surface area contributed by atoms with Gasteiger partial charge in [0.1, 0.15) is 5.66 Å². The van der Waals surface area contributed by atoms with E-state index < -0.39 is 11.6 Å². The van der Waals surface area contributed by atoms with Gasteiger partial charge in [0.25, 0.3) is 0 Å².